The van der Waals surface area contributed by atoms with E-state index in [0.717, 1.165) is 23.0 Å². The third-order valence-corrected chi connectivity index (χ3v) is 6.86. The van der Waals surface area contributed by atoms with E-state index in [1.807, 2.05) is 37.3 Å². The van der Waals surface area contributed by atoms with Gasteiger partial charge in [0.1, 0.15) is 0 Å². The maximum atomic E-state index is 13.0. The molecule has 0 aliphatic carbocycles. The molecule has 0 saturated heterocycles. The standard InChI is InChI=1S/C31H29N3O/c1-21-23(3)34(20-24-9-11-27(12-10-24)26-7-5-4-6-8-26)30-14-13-28(19-29(21)30)31(35)33-22(2)25-15-17-32-18-16-25/h4-19,22H,20H2,1-3H3,(H,33,35)/t22-/m1/s1. The van der Waals surface area contributed by atoms with Crippen molar-refractivity contribution in [2.75, 3.05) is 0 Å². The summed E-state index contributed by atoms with van der Waals surface area (Å²) in [5.41, 5.74) is 8.96. The van der Waals surface area contributed by atoms with Crippen LogP contribution >= 0.6 is 0 Å². The number of amides is 1. The van der Waals surface area contributed by atoms with Gasteiger partial charge in [-0.05, 0) is 78.9 Å². The van der Waals surface area contributed by atoms with Gasteiger partial charge in [0.05, 0.1) is 6.04 Å². The molecule has 174 valence electrons. The molecule has 0 unspecified atom stereocenters. The lowest BCUT2D eigenvalue weighted by molar-refractivity contribution is 0.0940. The van der Waals surface area contributed by atoms with Gasteiger partial charge in [0.25, 0.3) is 5.91 Å². The summed E-state index contributed by atoms with van der Waals surface area (Å²) in [7, 11) is 0. The molecule has 0 saturated carbocycles. The van der Waals surface area contributed by atoms with E-state index in [1.165, 1.54) is 27.9 Å². The first-order valence-electron chi connectivity index (χ1n) is 12.0. The Morgan fingerprint density at radius 3 is 2.29 bits per heavy atom. The van der Waals surface area contributed by atoms with Crippen molar-refractivity contribution in [3.8, 4) is 11.1 Å². The number of carbonyl (C=O) groups excluding carboxylic acids is 1. The first-order valence-corrected chi connectivity index (χ1v) is 12.0. The lowest BCUT2D eigenvalue weighted by Crippen LogP contribution is -2.26. The molecule has 3 aromatic carbocycles. The maximum absolute atomic E-state index is 13.0. The Hall–Kier alpha value is -4.18. The summed E-state index contributed by atoms with van der Waals surface area (Å²) in [5, 5.41) is 4.22. The first-order chi connectivity index (χ1) is 17.0. The fraction of sp³-hybridized carbons (Fsp3) is 0.161. The second-order valence-electron chi connectivity index (χ2n) is 9.07. The summed E-state index contributed by atoms with van der Waals surface area (Å²) in [6.07, 6.45) is 3.49. The van der Waals surface area contributed by atoms with Crippen molar-refractivity contribution in [3.05, 3.63) is 125 Å². The van der Waals surface area contributed by atoms with Crippen LogP contribution in [0.15, 0.2) is 97.3 Å². The predicted molar refractivity (Wildman–Crippen MR) is 143 cm³/mol. The third kappa shape index (κ3) is 4.60. The molecule has 0 spiro atoms. The quantitative estimate of drug-likeness (QED) is 0.301. The van der Waals surface area contributed by atoms with E-state index >= 15 is 0 Å². The summed E-state index contributed by atoms with van der Waals surface area (Å²) in [5.74, 6) is -0.0717. The van der Waals surface area contributed by atoms with E-state index in [4.69, 9.17) is 0 Å². The van der Waals surface area contributed by atoms with Crippen LogP contribution in [0.2, 0.25) is 0 Å². The van der Waals surface area contributed by atoms with Crippen LogP contribution in [0.1, 0.15) is 45.7 Å². The second kappa shape index (κ2) is 9.59. The van der Waals surface area contributed by atoms with Crippen molar-refractivity contribution in [2.24, 2.45) is 0 Å². The number of aryl methyl sites for hydroxylation is 1. The minimum absolute atomic E-state index is 0.0717. The highest BCUT2D eigenvalue weighted by Crippen LogP contribution is 2.28. The highest BCUT2D eigenvalue weighted by molar-refractivity contribution is 5.99. The molecule has 1 amide bonds. The van der Waals surface area contributed by atoms with E-state index in [2.05, 4.69) is 83.3 Å². The first kappa shape index (κ1) is 22.6. The molecule has 35 heavy (non-hydrogen) atoms. The number of hydrogen-bond acceptors (Lipinski definition) is 2. The zero-order chi connectivity index (χ0) is 24.4. The molecule has 4 heteroatoms. The van der Waals surface area contributed by atoms with Crippen molar-refractivity contribution in [1.82, 2.24) is 14.9 Å². The molecule has 4 nitrogen and oxygen atoms in total. The van der Waals surface area contributed by atoms with Gasteiger partial charge in [-0.25, -0.2) is 0 Å². The van der Waals surface area contributed by atoms with Gasteiger partial charge >= 0.3 is 0 Å². The summed E-state index contributed by atoms with van der Waals surface area (Å²) in [6.45, 7) is 7.06. The number of nitrogens with zero attached hydrogens (tertiary/aromatic N) is 2. The molecule has 0 bridgehead atoms. The maximum Gasteiger partial charge on any atom is 0.251 e. The van der Waals surface area contributed by atoms with Crippen LogP contribution in [-0.4, -0.2) is 15.5 Å². The Morgan fingerprint density at radius 2 is 1.57 bits per heavy atom. The molecule has 2 aromatic heterocycles. The van der Waals surface area contributed by atoms with E-state index in [0.29, 0.717) is 5.56 Å². The molecule has 0 radical (unpaired) electrons. The lowest BCUT2D eigenvalue weighted by Gasteiger charge is -2.14. The Morgan fingerprint density at radius 1 is 0.886 bits per heavy atom. The van der Waals surface area contributed by atoms with Crippen LogP contribution in [-0.2, 0) is 6.54 Å². The average Bonchev–Trinajstić information content (AvgIpc) is 3.14. The molecule has 5 aromatic rings. The van der Waals surface area contributed by atoms with Gasteiger partial charge in [-0.3, -0.25) is 9.78 Å². The van der Waals surface area contributed by atoms with Gasteiger partial charge in [-0.15, -0.1) is 0 Å². The number of fused-ring (bicyclic) bond motifs is 1. The molecule has 1 N–H and O–H groups in total. The van der Waals surface area contributed by atoms with Gasteiger partial charge in [0.15, 0.2) is 0 Å². The van der Waals surface area contributed by atoms with Crippen molar-refractivity contribution >= 4 is 16.8 Å². The van der Waals surface area contributed by atoms with E-state index in [1.54, 1.807) is 12.4 Å². The Bertz CT molecular complexity index is 1470. The molecular formula is C31H29N3O. The van der Waals surface area contributed by atoms with Crippen LogP contribution in [0.3, 0.4) is 0 Å². The normalized spacial score (nSPS) is 12.0. The third-order valence-electron chi connectivity index (χ3n) is 6.86. The van der Waals surface area contributed by atoms with E-state index in [-0.39, 0.29) is 11.9 Å². The summed E-state index contributed by atoms with van der Waals surface area (Å²) in [6, 6.07) is 29.0. The Labute approximate surface area is 206 Å². The average molecular weight is 460 g/mol. The monoisotopic (exact) mass is 459 g/mol. The van der Waals surface area contributed by atoms with Crippen molar-refractivity contribution < 1.29 is 4.79 Å². The number of nitrogens with one attached hydrogen (secondary N) is 1. The minimum atomic E-state index is -0.0903. The highest BCUT2D eigenvalue weighted by atomic mass is 16.1. The van der Waals surface area contributed by atoms with E-state index in [9.17, 15) is 4.79 Å². The largest absolute Gasteiger partial charge is 0.346 e. The molecule has 1 atom stereocenters. The molecule has 0 fully saturated rings. The number of pyridine rings is 1. The Balaban J connectivity index is 1.38. The number of aromatic nitrogens is 2. The predicted octanol–water partition coefficient (Wildman–Crippen LogP) is 6.86. The molecule has 2 heterocycles. The second-order valence-corrected chi connectivity index (χ2v) is 9.07. The molecule has 0 aliphatic heterocycles. The van der Waals surface area contributed by atoms with Crippen LogP contribution in [0.25, 0.3) is 22.0 Å². The van der Waals surface area contributed by atoms with Crippen LogP contribution < -0.4 is 5.32 Å². The van der Waals surface area contributed by atoms with Crippen LogP contribution in [0.4, 0.5) is 0 Å². The molecular weight excluding hydrogens is 430 g/mol. The SMILES string of the molecule is Cc1c(C)n(Cc2ccc(-c3ccccc3)cc2)c2ccc(C(=O)N[C@H](C)c3ccncc3)cc12. The van der Waals surface area contributed by atoms with Gasteiger partial charge in [-0.1, -0.05) is 54.6 Å². The number of carbonyl (C=O) groups is 1. The van der Waals surface area contributed by atoms with Gasteiger partial charge < -0.3 is 9.88 Å². The van der Waals surface area contributed by atoms with Gasteiger partial charge in [-0.2, -0.15) is 0 Å². The van der Waals surface area contributed by atoms with Crippen molar-refractivity contribution in [3.63, 3.8) is 0 Å². The topological polar surface area (TPSA) is 46.9 Å². The van der Waals surface area contributed by atoms with Crippen LogP contribution in [0.5, 0.6) is 0 Å². The minimum Gasteiger partial charge on any atom is -0.346 e. The summed E-state index contributed by atoms with van der Waals surface area (Å²) in [4.78, 5) is 17.0. The summed E-state index contributed by atoms with van der Waals surface area (Å²) >= 11 is 0. The molecule has 5 rings (SSSR count). The zero-order valence-electron chi connectivity index (χ0n) is 20.3. The van der Waals surface area contributed by atoms with Crippen LogP contribution in [0, 0.1) is 13.8 Å². The van der Waals surface area contributed by atoms with Gasteiger partial charge in [0.2, 0.25) is 0 Å². The fourth-order valence-corrected chi connectivity index (χ4v) is 4.63. The zero-order valence-corrected chi connectivity index (χ0v) is 20.3. The number of rotatable bonds is 6. The smallest absolute Gasteiger partial charge is 0.251 e. The van der Waals surface area contributed by atoms with E-state index < -0.39 is 0 Å². The number of benzene rings is 3. The molecule has 0 aliphatic rings. The van der Waals surface area contributed by atoms with Crippen molar-refractivity contribution in [1.29, 1.82) is 0 Å². The fourth-order valence-electron chi connectivity index (χ4n) is 4.63. The van der Waals surface area contributed by atoms with Crippen molar-refractivity contribution in [2.45, 2.75) is 33.4 Å². The summed E-state index contributed by atoms with van der Waals surface area (Å²) < 4.78 is 2.34. The Kier molecular flexibility index (Phi) is 6.19. The van der Waals surface area contributed by atoms with Gasteiger partial charge in [0, 0.05) is 41.1 Å². The number of hydrogen-bond donors (Lipinski definition) is 1. The lowest BCUT2D eigenvalue weighted by atomic mass is 10.0. The highest BCUT2D eigenvalue weighted by Gasteiger charge is 2.16.